The molecule has 0 amide bonds. The van der Waals surface area contributed by atoms with Gasteiger partial charge in [-0.15, -0.1) is 0 Å². The lowest BCUT2D eigenvalue weighted by molar-refractivity contribution is 0.415. The molecule has 0 spiro atoms. The molecule has 5 rings (SSSR count). The molecule has 4 aromatic carbocycles. The number of para-hydroxylation sites is 2. The molecule has 3 nitrogen and oxygen atoms in total. The fourth-order valence-electron chi connectivity index (χ4n) is 3.79. The van der Waals surface area contributed by atoms with Crippen molar-refractivity contribution < 1.29 is 4.74 Å². The highest BCUT2D eigenvalue weighted by Crippen LogP contribution is 2.22. The second kappa shape index (κ2) is 7.88. The number of hydrogen-bond donors (Lipinski definition) is 0. The number of benzene rings is 4. The Kier molecular flexibility index (Phi) is 4.78. The number of imidazole rings is 1. The van der Waals surface area contributed by atoms with Crippen molar-refractivity contribution >= 4 is 34.0 Å². The van der Waals surface area contributed by atoms with Gasteiger partial charge < -0.3 is 9.30 Å². The van der Waals surface area contributed by atoms with Crippen molar-refractivity contribution in [2.24, 2.45) is 0 Å². The molecule has 146 valence electrons. The topological polar surface area (TPSA) is 27.1 Å². The quantitative estimate of drug-likeness (QED) is 0.346. The van der Waals surface area contributed by atoms with E-state index in [4.69, 9.17) is 9.72 Å². The van der Waals surface area contributed by atoms with Gasteiger partial charge in [-0.2, -0.15) is 0 Å². The summed E-state index contributed by atoms with van der Waals surface area (Å²) in [5.74, 6) is 1.80. The Morgan fingerprint density at radius 3 is 2.40 bits per heavy atom. The van der Waals surface area contributed by atoms with Gasteiger partial charge in [0.2, 0.25) is 0 Å². The van der Waals surface area contributed by atoms with Gasteiger partial charge in [-0.25, -0.2) is 4.98 Å². The Labute approximate surface area is 175 Å². The van der Waals surface area contributed by atoms with Crippen molar-refractivity contribution in [2.45, 2.75) is 6.54 Å². The summed E-state index contributed by atoms with van der Waals surface area (Å²) >= 11 is 0. The summed E-state index contributed by atoms with van der Waals surface area (Å²) in [7, 11) is 1.68. The van der Waals surface area contributed by atoms with Crippen LogP contribution >= 0.6 is 0 Å². The molecule has 0 aliphatic heterocycles. The summed E-state index contributed by atoms with van der Waals surface area (Å²) in [5.41, 5.74) is 4.52. The number of ether oxygens (including phenoxy) is 1. The van der Waals surface area contributed by atoms with Crippen molar-refractivity contribution in [3.05, 3.63) is 108 Å². The van der Waals surface area contributed by atoms with Crippen LogP contribution in [0.5, 0.6) is 5.75 Å². The summed E-state index contributed by atoms with van der Waals surface area (Å²) in [4.78, 5) is 4.87. The van der Waals surface area contributed by atoms with Crippen molar-refractivity contribution in [1.82, 2.24) is 9.55 Å². The molecule has 1 heterocycles. The van der Waals surface area contributed by atoms with Crippen LogP contribution in [-0.2, 0) is 6.54 Å². The molecule has 0 radical (unpaired) electrons. The lowest BCUT2D eigenvalue weighted by Crippen LogP contribution is -2.02. The Bertz CT molecular complexity index is 1350. The Morgan fingerprint density at radius 1 is 0.800 bits per heavy atom. The highest BCUT2D eigenvalue weighted by molar-refractivity contribution is 5.83. The van der Waals surface area contributed by atoms with E-state index in [-0.39, 0.29) is 0 Å². The van der Waals surface area contributed by atoms with Crippen molar-refractivity contribution in [2.75, 3.05) is 7.11 Å². The zero-order chi connectivity index (χ0) is 20.3. The van der Waals surface area contributed by atoms with E-state index in [2.05, 4.69) is 77.4 Å². The van der Waals surface area contributed by atoms with E-state index in [1.54, 1.807) is 7.11 Å². The summed E-state index contributed by atoms with van der Waals surface area (Å²) in [6, 6.07) is 31.5. The highest BCUT2D eigenvalue weighted by Gasteiger charge is 2.09. The standard InChI is InChI=1S/C27H22N2O/c1-30-24-15-11-20(12-16-24)13-17-27-28-25-8-4-5-9-26(25)29(27)19-21-10-14-22-6-2-3-7-23(22)18-21/h2-18H,19H2,1H3/b17-13+. The van der Waals surface area contributed by atoms with Crippen molar-refractivity contribution in [1.29, 1.82) is 0 Å². The molecule has 1 aromatic heterocycles. The first-order valence-electron chi connectivity index (χ1n) is 10.1. The SMILES string of the molecule is COc1ccc(/C=C/c2nc3ccccc3n2Cc2ccc3ccccc3c2)cc1. The number of fused-ring (bicyclic) bond motifs is 2. The molecule has 3 heteroatoms. The van der Waals surface area contributed by atoms with Gasteiger partial charge in [0, 0.05) is 6.54 Å². The third-order valence-electron chi connectivity index (χ3n) is 5.38. The van der Waals surface area contributed by atoms with Crippen LogP contribution in [0.3, 0.4) is 0 Å². The molecule has 0 fully saturated rings. The van der Waals surface area contributed by atoms with Crippen LogP contribution in [0.1, 0.15) is 17.0 Å². The van der Waals surface area contributed by atoms with E-state index in [0.29, 0.717) is 0 Å². The molecule has 0 aliphatic carbocycles. The summed E-state index contributed by atoms with van der Waals surface area (Å²) < 4.78 is 7.52. The number of nitrogens with zero attached hydrogens (tertiary/aromatic N) is 2. The zero-order valence-corrected chi connectivity index (χ0v) is 16.8. The molecule has 0 N–H and O–H groups in total. The van der Waals surface area contributed by atoms with Gasteiger partial charge >= 0.3 is 0 Å². The predicted octanol–water partition coefficient (Wildman–Crippen LogP) is 6.42. The third kappa shape index (κ3) is 3.58. The number of hydrogen-bond acceptors (Lipinski definition) is 2. The molecule has 0 atom stereocenters. The molecule has 30 heavy (non-hydrogen) atoms. The van der Waals surface area contributed by atoms with Gasteiger partial charge in [-0.3, -0.25) is 0 Å². The number of methoxy groups -OCH3 is 1. The van der Waals surface area contributed by atoms with Crippen LogP contribution in [-0.4, -0.2) is 16.7 Å². The van der Waals surface area contributed by atoms with Crippen LogP contribution in [0.15, 0.2) is 91.0 Å². The average Bonchev–Trinajstić information content (AvgIpc) is 3.15. The fraction of sp³-hybridized carbons (Fsp3) is 0.0741. The highest BCUT2D eigenvalue weighted by atomic mass is 16.5. The fourth-order valence-corrected chi connectivity index (χ4v) is 3.79. The molecular formula is C27H22N2O. The molecule has 5 aromatic rings. The van der Waals surface area contributed by atoms with Crippen LogP contribution in [0.2, 0.25) is 0 Å². The van der Waals surface area contributed by atoms with Gasteiger partial charge in [0.1, 0.15) is 11.6 Å². The average molecular weight is 390 g/mol. The third-order valence-corrected chi connectivity index (χ3v) is 5.38. The van der Waals surface area contributed by atoms with Crippen LogP contribution < -0.4 is 4.74 Å². The molecule has 0 unspecified atom stereocenters. The van der Waals surface area contributed by atoms with Gasteiger partial charge in [0.05, 0.1) is 18.1 Å². The first-order chi connectivity index (χ1) is 14.8. The van der Waals surface area contributed by atoms with E-state index in [0.717, 1.165) is 34.7 Å². The molecule has 0 bridgehead atoms. The minimum Gasteiger partial charge on any atom is -0.497 e. The van der Waals surface area contributed by atoms with E-state index in [1.165, 1.54) is 16.3 Å². The first kappa shape index (κ1) is 18.2. The lowest BCUT2D eigenvalue weighted by atomic mass is 10.1. The van der Waals surface area contributed by atoms with E-state index >= 15 is 0 Å². The molecule has 0 saturated heterocycles. The van der Waals surface area contributed by atoms with Gasteiger partial charge in [0.15, 0.2) is 0 Å². The number of aromatic nitrogens is 2. The second-order valence-electron chi connectivity index (χ2n) is 7.33. The van der Waals surface area contributed by atoms with E-state index < -0.39 is 0 Å². The molecular weight excluding hydrogens is 368 g/mol. The minimum atomic E-state index is 0.771. The number of rotatable bonds is 5. The lowest BCUT2D eigenvalue weighted by Gasteiger charge is -2.09. The Morgan fingerprint density at radius 2 is 1.57 bits per heavy atom. The summed E-state index contributed by atoms with van der Waals surface area (Å²) in [6.45, 7) is 0.771. The largest absolute Gasteiger partial charge is 0.497 e. The van der Waals surface area contributed by atoms with Gasteiger partial charge in [-0.05, 0) is 58.3 Å². The maximum Gasteiger partial charge on any atom is 0.134 e. The van der Waals surface area contributed by atoms with Crippen LogP contribution in [0, 0.1) is 0 Å². The summed E-state index contributed by atoms with van der Waals surface area (Å²) in [6.07, 6.45) is 4.18. The Balaban J connectivity index is 1.53. The molecule has 0 saturated carbocycles. The van der Waals surface area contributed by atoms with Crippen molar-refractivity contribution in [3.8, 4) is 5.75 Å². The second-order valence-corrected chi connectivity index (χ2v) is 7.33. The smallest absolute Gasteiger partial charge is 0.134 e. The predicted molar refractivity (Wildman–Crippen MR) is 125 cm³/mol. The normalized spacial score (nSPS) is 11.5. The summed E-state index contributed by atoms with van der Waals surface area (Å²) in [5, 5.41) is 2.52. The first-order valence-corrected chi connectivity index (χ1v) is 10.1. The van der Waals surface area contributed by atoms with Crippen LogP contribution in [0.25, 0.3) is 34.0 Å². The van der Waals surface area contributed by atoms with E-state index in [1.807, 2.05) is 30.3 Å². The monoisotopic (exact) mass is 390 g/mol. The van der Waals surface area contributed by atoms with Crippen LogP contribution in [0.4, 0.5) is 0 Å². The van der Waals surface area contributed by atoms with Crippen molar-refractivity contribution in [3.63, 3.8) is 0 Å². The maximum atomic E-state index is 5.25. The van der Waals surface area contributed by atoms with Gasteiger partial charge in [0.25, 0.3) is 0 Å². The van der Waals surface area contributed by atoms with Gasteiger partial charge in [-0.1, -0.05) is 66.7 Å². The maximum absolute atomic E-state index is 5.25. The Hall–Kier alpha value is -3.85. The molecule has 0 aliphatic rings. The zero-order valence-electron chi connectivity index (χ0n) is 16.8. The minimum absolute atomic E-state index is 0.771. The van der Waals surface area contributed by atoms with E-state index in [9.17, 15) is 0 Å².